The molecule has 0 aliphatic carbocycles. The molecule has 0 unspecified atom stereocenters. The minimum absolute atomic E-state index is 0.773. The molecule has 0 aliphatic rings. The van der Waals surface area contributed by atoms with Gasteiger partial charge in [0.25, 0.3) is 0 Å². The van der Waals surface area contributed by atoms with Crippen LogP contribution in [0.5, 0.6) is 0 Å². The van der Waals surface area contributed by atoms with Crippen LogP contribution in [0.3, 0.4) is 0 Å². The van der Waals surface area contributed by atoms with Gasteiger partial charge in [-0.3, -0.25) is 0 Å². The highest BCUT2D eigenvalue weighted by molar-refractivity contribution is 7.75. The van der Waals surface area contributed by atoms with Crippen LogP contribution in [-0.2, 0) is 0 Å². The Kier molecular flexibility index (Phi) is 45.2. The largest absolute Gasteiger partial charge is 0.0654 e. The van der Waals surface area contributed by atoms with Crippen molar-refractivity contribution in [2.24, 2.45) is 0 Å². The lowest BCUT2D eigenvalue weighted by atomic mass is 10.0. The molecule has 0 heterocycles. The topological polar surface area (TPSA) is 0 Å². The van der Waals surface area contributed by atoms with Crippen LogP contribution in [0.25, 0.3) is 0 Å². The van der Waals surface area contributed by atoms with Crippen molar-refractivity contribution in [1.29, 1.82) is 0 Å². The molecule has 0 saturated heterocycles. The molecule has 0 bridgehead atoms. The number of hydrogen-bond acceptors (Lipinski definition) is 0. The van der Waals surface area contributed by atoms with Gasteiger partial charge >= 0.3 is 0 Å². The highest BCUT2D eigenvalue weighted by atomic mass is 31.2. The molecule has 0 saturated carbocycles. The van der Waals surface area contributed by atoms with Gasteiger partial charge in [0.2, 0.25) is 0 Å². The Morgan fingerprint density at radius 2 is 0.275 bits per heavy atom. The van der Waals surface area contributed by atoms with E-state index in [1.54, 1.807) is 50.3 Å². The summed E-state index contributed by atoms with van der Waals surface area (Å²) in [5, 5.41) is 0. The monoisotopic (exact) mass is 736 g/mol. The Balaban J connectivity index is 4.53. The zero-order valence-corrected chi connectivity index (χ0v) is 37.9. The van der Waals surface area contributed by atoms with Crippen LogP contribution in [-0.4, -0.2) is 24.6 Å². The summed E-state index contributed by atoms with van der Waals surface area (Å²) in [6.45, 7) is 9.41. The normalized spacial score (nSPS) is 12.0. The Hall–Kier alpha value is 0.430. The zero-order chi connectivity index (χ0) is 37.0. The zero-order valence-electron chi connectivity index (χ0n) is 37.0. The van der Waals surface area contributed by atoms with Crippen molar-refractivity contribution in [2.45, 2.75) is 297 Å². The van der Waals surface area contributed by atoms with Gasteiger partial charge < -0.3 is 0 Å². The van der Waals surface area contributed by atoms with Crippen molar-refractivity contribution >= 4 is 7.26 Å². The van der Waals surface area contributed by atoms with Crippen molar-refractivity contribution < 1.29 is 0 Å². The lowest BCUT2D eigenvalue weighted by Crippen LogP contribution is -2.13. The van der Waals surface area contributed by atoms with Crippen LogP contribution in [0.4, 0.5) is 0 Å². The molecule has 0 aliphatic heterocycles. The predicted octanol–water partition coefficient (Wildman–Crippen LogP) is 19.5. The van der Waals surface area contributed by atoms with Crippen LogP contribution >= 0.6 is 7.26 Å². The molecule has 0 radical (unpaired) electrons. The van der Waals surface area contributed by atoms with Gasteiger partial charge in [-0.1, -0.05) is 252 Å². The molecule has 0 spiro atoms. The van der Waals surface area contributed by atoms with E-state index in [1.165, 1.54) is 244 Å². The molecule has 0 aromatic heterocycles. The highest BCUT2D eigenvalue weighted by Crippen LogP contribution is 2.61. The van der Waals surface area contributed by atoms with E-state index in [1.807, 2.05) is 0 Å². The molecular formula is C50H104P+. The Bertz CT molecular complexity index is 524. The second-order valence-corrected chi connectivity index (χ2v) is 22.1. The minimum Gasteiger partial charge on any atom is -0.0654 e. The van der Waals surface area contributed by atoms with E-state index in [0.717, 1.165) is 0 Å². The van der Waals surface area contributed by atoms with E-state index < -0.39 is 7.26 Å². The maximum Gasteiger partial charge on any atom is 0.0594 e. The molecule has 308 valence electrons. The molecule has 0 fully saturated rings. The second kappa shape index (κ2) is 44.8. The van der Waals surface area contributed by atoms with E-state index in [9.17, 15) is 0 Å². The summed E-state index contributed by atoms with van der Waals surface area (Å²) in [5.41, 5.74) is 0. The van der Waals surface area contributed by atoms with E-state index in [2.05, 4.69) is 27.7 Å². The Morgan fingerprint density at radius 3 is 0.451 bits per heavy atom. The number of hydrogen-bond donors (Lipinski definition) is 0. The van der Waals surface area contributed by atoms with Gasteiger partial charge in [-0.2, -0.15) is 0 Å². The first kappa shape index (κ1) is 51.4. The average molecular weight is 736 g/mol. The van der Waals surface area contributed by atoms with Gasteiger partial charge in [0.05, 0.1) is 24.6 Å². The Morgan fingerprint density at radius 1 is 0.157 bits per heavy atom. The van der Waals surface area contributed by atoms with Crippen LogP contribution in [0, 0.1) is 0 Å². The second-order valence-electron chi connectivity index (χ2n) is 17.7. The molecular weight excluding hydrogens is 632 g/mol. The van der Waals surface area contributed by atoms with E-state index >= 15 is 0 Å². The van der Waals surface area contributed by atoms with Gasteiger partial charge in [0, 0.05) is 7.26 Å². The van der Waals surface area contributed by atoms with Gasteiger partial charge in [0.15, 0.2) is 0 Å². The average Bonchev–Trinajstić information content (AvgIpc) is 3.14. The molecule has 51 heavy (non-hydrogen) atoms. The Labute approximate surface area is 328 Å². The minimum atomic E-state index is -0.773. The van der Waals surface area contributed by atoms with Crippen molar-refractivity contribution in [3.05, 3.63) is 0 Å². The molecule has 0 nitrogen and oxygen atoms in total. The van der Waals surface area contributed by atoms with Crippen molar-refractivity contribution in [3.8, 4) is 0 Å². The molecule has 1 heteroatoms. The molecule has 0 atom stereocenters. The molecule has 0 rings (SSSR count). The van der Waals surface area contributed by atoms with Crippen LogP contribution in [0.2, 0.25) is 0 Å². The summed E-state index contributed by atoms with van der Waals surface area (Å²) < 4.78 is 0. The first-order valence-corrected chi connectivity index (χ1v) is 27.6. The fraction of sp³-hybridized carbons (Fsp3) is 1.00. The van der Waals surface area contributed by atoms with Gasteiger partial charge in [0.1, 0.15) is 0 Å². The number of rotatable bonds is 46. The quantitative estimate of drug-likeness (QED) is 0.0431. The summed E-state index contributed by atoms with van der Waals surface area (Å²) >= 11 is 0. The van der Waals surface area contributed by atoms with Crippen LogP contribution in [0.15, 0.2) is 0 Å². The van der Waals surface area contributed by atoms with Gasteiger partial charge in [-0.05, 0) is 44.9 Å². The lowest BCUT2D eigenvalue weighted by Gasteiger charge is -2.28. The molecule has 0 aromatic rings. The summed E-state index contributed by atoms with van der Waals surface area (Å²) in [4.78, 5) is 0. The maximum atomic E-state index is 2.42. The highest BCUT2D eigenvalue weighted by Gasteiger charge is 2.34. The first-order chi connectivity index (χ1) is 25.2. The van der Waals surface area contributed by atoms with Gasteiger partial charge in [-0.25, -0.2) is 0 Å². The standard InChI is InChI=1S/C50H104P/c1-5-9-13-16-19-22-25-28-31-34-37-40-44-48-51(47-43-12-8-4,49-45-41-38-35-32-29-26-23-20-17-14-10-6-2)50-46-42-39-36-33-30-27-24-21-18-15-11-7-3/h5-50H2,1-4H3/q+1. The smallest absolute Gasteiger partial charge is 0.0594 e. The lowest BCUT2D eigenvalue weighted by molar-refractivity contribution is 0.541. The van der Waals surface area contributed by atoms with Crippen LogP contribution in [0.1, 0.15) is 297 Å². The maximum absolute atomic E-state index is 2.42. The van der Waals surface area contributed by atoms with E-state index in [0.29, 0.717) is 0 Å². The summed E-state index contributed by atoms with van der Waals surface area (Å²) in [5.74, 6) is 0. The molecule has 0 amide bonds. The third-order valence-corrected chi connectivity index (χ3v) is 17.5. The van der Waals surface area contributed by atoms with E-state index in [4.69, 9.17) is 0 Å². The first-order valence-electron chi connectivity index (χ1n) is 25.1. The molecule has 0 aromatic carbocycles. The summed E-state index contributed by atoms with van der Waals surface area (Å²) in [7, 11) is -0.773. The van der Waals surface area contributed by atoms with Crippen LogP contribution < -0.4 is 0 Å². The van der Waals surface area contributed by atoms with E-state index in [-0.39, 0.29) is 0 Å². The third kappa shape index (κ3) is 39.9. The fourth-order valence-electron chi connectivity index (χ4n) is 8.76. The fourth-order valence-corrected chi connectivity index (χ4v) is 13.7. The van der Waals surface area contributed by atoms with Crippen molar-refractivity contribution in [3.63, 3.8) is 0 Å². The SMILES string of the molecule is CCCCCCCCCCCCCCC[P+](CCCCC)(CCCCCCCCCCCCCCC)CCCCCCCCCCCCCCC. The molecule has 0 N–H and O–H groups in total. The summed E-state index contributed by atoms with van der Waals surface area (Å²) in [6, 6.07) is 0. The number of unbranched alkanes of at least 4 members (excludes halogenated alkanes) is 38. The third-order valence-electron chi connectivity index (χ3n) is 12.4. The predicted molar refractivity (Wildman–Crippen MR) is 243 cm³/mol. The van der Waals surface area contributed by atoms with Crippen molar-refractivity contribution in [2.75, 3.05) is 24.6 Å². The summed E-state index contributed by atoms with van der Waals surface area (Å²) in [6.07, 6.45) is 69.2. The van der Waals surface area contributed by atoms with Gasteiger partial charge in [-0.15, -0.1) is 0 Å². The van der Waals surface area contributed by atoms with Crippen molar-refractivity contribution in [1.82, 2.24) is 0 Å².